The van der Waals surface area contributed by atoms with Gasteiger partial charge in [-0.1, -0.05) is 74.5 Å². The number of rotatable bonds is 10. The number of benzene rings is 2. The molecule has 0 radical (unpaired) electrons. The van der Waals surface area contributed by atoms with Crippen molar-refractivity contribution < 1.29 is 4.79 Å². The Morgan fingerprint density at radius 1 is 1.06 bits per heavy atom. The summed E-state index contributed by atoms with van der Waals surface area (Å²) < 4.78 is 1.25. The van der Waals surface area contributed by atoms with Gasteiger partial charge in [-0.2, -0.15) is 5.26 Å². The lowest BCUT2D eigenvalue weighted by Gasteiger charge is -2.28. The van der Waals surface area contributed by atoms with Crippen molar-refractivity contribution in [2.24, 2.45) is 5.92 Å². The van der Waals surface area contributed by atoms with E-state index < -0.39 is 11.2 Å². The Labute approximate surface area is 204 Å². The molecule has 0 saturated heterocycles. The van der Waals surface area contributed by atoms with Crippen molar-refractivity contribution >= 4 is 17.4 Å². The maximum Gasteiger partial charge on any atom is 0.330 e. The van der Waals surface area contributed by atoms with E-state index >= 15 is 0 Å². The Morgan fingerprint density at radius 3 is 2.23 bits per heavy atom. The Bertz CT molecular complexity index is 1290. The van der Waals surface area contributed by atoms with Gasteiger partial charge in [0.05, 0.1) is 25.7 Å². The van der Waals surface area contributed by atoms with E-state index in [0.29, 0.717) is 6.54 Å². The summed E-state index contributed by atoms with van der Waals surface area (Å²) >= 11 is 0. The van der Waals surface area contributed by atoms with Crippen LogP contribution in [0.3, 0.4) is 0 Å². The van der Waals surface area contributed by atoms with E-state index in [1.807, 2.05) is 74.5 Å². The minimum atomic E-state index is -0.722. The fourth-order valence-corrected chi connectivity index (χ4v) is 3.83. The molecule has 3 rings (SSSR count). The molecule has 3 aromatic rings. The van der Waals surface area contributed by atoms with Crippen molar-refractivity contribution in [1.29, 1.82) is 5.26 Å². The lowest BCUT2D eigenvalue weighted by Crippen LogP contribution is -2.46. The van der Waals surface area contributed by atoms with Gasteiger partial charge in [-0.15, -0.1) is 0 Å². The number of hydrogen-bond donors (Lipinski definition) is 2. The molecule has 1 aromatic heterocycles. The average Bonchev–Trinajstić information content (AvgIpc) is 2.82. The Morgan fingerprint density at radius 2 is 1.66 bits per heavy atom. The molecular formula is C26H30N6O3. The van der Waals surface area contributed by atoms with Crippen LogP contribution < -0.4 is 21.9 Å². The fraction of sp³-hybridized carbons (Fsp3) is 0.308. The molecule has 0 spiro atoms. The highest BCUT2D eigenvalue weighted by atomic mass is 16.2. The summed E-state index contributed by atoms with van der Waals surface area (Å²) in [5, 5.41) is 9.29. The predicted molar refractivity (Wildman–Crippen MR) is 136 cm³/mol. The number of H-pyrrole nitrogens is 1. The second-order valence-electron chi connectivity index (χ2n) is 8.75. The summed E-state index contributed by atoms with van der Waals surface area (Å²) in [5.74, 6) is -0.440. The lowest BCUT2D eigenvalue weighted by atomic mass is 10.1. The summed E-state index contributed by atoms with van der Waals surface area (Å²) in [6, 6.07) is 20.8. The number of nitrogens with one attached hydrogen (secondary N) is 1. The molecule has 0 atom stereocenters. The summed E-state index contributed by atoms with van der Waals surface area (Å²) in [6.07, 6.45) is 0. The normalized spacial score (nSPS) is 10.9. The average molecular weight is 475 g/mol. The SMILES string of the molecule is CC(C)CN(C(=O)CN(CC#N)Cc1ccccc1)c1c(N)n(Cc2ccccc2)c(=O)[nH]c1=O. The van der Waals surface area contributed by atoms with Crippen LogP contribution in [0.5, 0.6) is 0 Å². The number of hydrogen-bond acceptors (Lipinski definition) is 6. The Kier molecular flexibility index (Phi) is 8.59. The third-order valence-corrected chi connectivity index (χ3v) is 5.42. The fourth-order valence-electron chi connectivity index (χ4n) is 3.83. The molecular weight excluding hydrogens is 444 g/mol. The number of nitrogens with zero attached hydrogens (tertiary/aromatic N) is 4. The van der Waals surface area contributed by atoms with Gasteiger partial charge in [-0.3, -0.25) is 24.0 Å². The number of aromatic amines is 1. The van der Waals surface area contributed by atoms with Gasteiger partial charge in [0.25, 0.3) is 5.56 Å². The highest BCUT2D eigenvalue weighted by Crippen LogP contribution is 2.20. The first kappa shape index (κ1) is 25.5. The summed E-state index contributed by atoms with van der Waals surface area (Å²) in [7, 11) is 0. The molecule has 0 unspecified atom stereocenters. The molecule has 0 aliphatic heterocycles. The molecule has 0 fully saturated rings. The van der Waals surface area contributed by atoms with Crippen LogP contribution in [0.1, 0.15) is 25.0 Å². The maximum atomic E-state index is 13.5. The zero-order valence-electron chi connectivity index (χ0n) is 20.0. The number of aromatic nitrogens is 2. The third-order valence-electron chi connectivity index (χ3n) is 5.42. The van der Waals surface area contributed by atoms with Crippen LogP contribution in [0.25, 0.3) is 0 Å². The van der Waals surface area contributed by atoms with E-state index in [2.05, 4.69) is 11.1 Å². The summed E-state index contributed by atoms with van der Waals surface area (Å²) in [4.78, 5) is 44.3. The molecule has 0 aliphatic carbocycles. The zero-order chi connectivity index (χ0) is 25.4. The number of nitrogen functional groups attached to an aromatic ring is 1. The van der Waals surface area contributed by atoms with Gasteiger partial charge < -0.3 is 10.6 Å². The number of carbonyl (C=O) groups excluding carboxylic acids is 1. The van der Waals surface area contributed by atoms with Crippen molar-refractivity contribution in [3.8, 4) is 6.07 Å². The second-order valence-corrected chi connectivity index (χ2v) is 8.75. The smallest absolute Gasteiger partial charge is 0.330 e. The molecule has 0 saturated carbocycles. The van der Waals surface area contributed by atoms with E-state index in [9.17, 15) is 19.6 Å². The van der Waals surface area contributed by atoms with Crippen LogP contribution in [0.2, 0.25) is 0 Å². The monoisotopic (exact) mass is 474 g/mol. The quantitative estimate of drug-likeness (QED) is 0.434. The first-order chi connectivity index (χ1) is 16.8. The standard InChI is InChI=1S/C26H30N6O3/c1-19(2)15-31(22(33)18-30(14-13-27)16-20-9-5-3-6-10-20)23-24(28)32(26(35)29-25(23)34)17-21-11-7-4-8-12-21/h3-12,19H,14-18,28H2,1-2H3,(H,29,34,35). The molecule has 1 amide bonds. The van der Waals surface area contributed by atoms with Gasteiger partial charge in [0, 0.05) is 13.1 Å². The number of carbonyl (C=O) groups is 1. The minimum Gasteiger partial charge on any atom is -0.383 e. The lowest BCUT2D eigenvalue weighted by molar-refractivity contribution is -0.119. The number of amides is 1. The first-order valence-electron chi connectivity index (χ1n) is 11.4. The van der Waals surface area contributed by atoms with Gasteiger partial charge in [0.2, 0.25) is 5.91 Å². The number of nitrogens with two attached hydrogens (primary N) is 1. The van der Waals surface area contributed by atoms with Crippen LogP contribution in [0.4, 0.5) is 11.5 Å². The molecule has 35 heavy (non-hydrogen) atoms. The largest absolute Gasteiger partial charge is 0.383 e. The molecule has 3 N–H and O–H groups in total. The molecule has 0 aliphatic rings. The van der Waals surface area contributed by atoms with Crippen molar-refractivity contribution in [2.45, 2.75) is 26.9 Å². The molecule has 9 heteroatoms. The molecule has 2 aromatic carbocycles. The van der Waals surface area contributed by atoms with E-state index in [1.165, 1.54) is 9.47 Å². The number of nitriles is 1. The van der Waals surface area contributed by atoms with Gasteiger partial charge in [-0.25, -0.2) is 4.79 Å². The zero-order valence-corrected chi connectivity index (χ0v) is 20.0. The second kappa shape index (κ2) is 11.8. The first-order valence-corrected chi connectivity index (χ1v) is 11.4. The van der Waals surface area contributed by atoms with E-state index in [0.717, 1.165) is 11.1 Å². The van der Waals surface area contributed by atoms with Crippen molar-refractivity contribution in [3.05, 3.63) is 92.6 Å². The van der Waals surface area contributed by atoms with Crippen LogP contribution in [0.15, 0.2) is 70.3 Å². The van der Waals surface area contributed by atoms with E-state index in [4.69, 9.17) is 5.73 Å². The Hall–Kier alpha value is -4.16. The summed E-state index contributed by atoms with van der Waals surface area (Å²) in [6.45, 7) is 4.55. The molecule has 0 bridgehead atoms. The van der Waals surface area contributed by atoms with E-state index in [1.54, 1.807) is 4.90 Å². The highest BCUT2D eigenvalue weighted by Gasteiger charge is 2.26. The Balaban J connectivity index is 1.96. The molecule has 9 nitrogen and oxygen atoms in total. The van der Waals surface area contributed by atoms with Crippen LogP contribution in [0, 0.1) is 17.2 Å². The third kappa shape index (κ3) is 6.68. The predicted octanol–water partition coefficient (Wildman–Crippen LogP) is 2.18. The topological polar surface area (TPSA) is 128 Å². The van der Waals surface area contributed by atoms with E-state index in [-0.39, 0.29) is 49.5 Å². The van der Waals surface area contributed by atoms with Gasteiger partial charge in [0.1, 0.15) is 5.82 Å². The van der Waals surface area contributed by atoms with Crippen molar-refractivity contribution in [1.82, 2.24) is 14.5 Å². The van der Waals surface area contributed by atoms with Crippen molar-refractivity contribution in [2.75, 3.05) is 30.3 Å². The minimum absolute atomic E-state index is 0.0193. The van der Waals surface area contributed by atoms with Crippen LogP contribution in [-0.4, -0.2) is 40.0 Å². The van der Waals surface area contributed by atoms with Crippen molar-refractivity contribution in [3.63, 3.8) is 0 Å². The van der Waals surface area contributed by atoms with Gasteiger partial charge >= 0.3 is 5.69 Å². The van der Waals surface area contributed by atoms with Crippen LogP contribution in [-0.2, 0) is 17.9 Å². The van der Waals surface area contributed by atoms with Crippen LogP contribution >= 0.6 is 0 Å². The van der Waals surface area contributed by atoms with Gasteiger partial charge in [0.15, 0.2) is 5.69 Å². The van der Waals surface area contributed by atoms with Gasteiger partial charge in [-0.05, 0) is 17.0 Å². The molecule has 1 heterocycles. The highest BCUT2D eigenvalue weighted by molar-refractivity contribution is 5.96. The number of anilines is 2. The summed E-state index contributed by atoms with van der Waals surface area (Å²) in [5.41, 5.74) is 6.70. The maximum absolute atomic E-state index is 13.5. The molecule has 182 valence electrons.